The van der Waals surface area contributed by atoms with Gasteiger partial charge in [-0.25, -0.2) is 0 Å². The summed E-state index contributed by atoms with van der Waals surface area (Å²) in [4.78, 5) is 2.19. The van der Waals surface area contributed by atoms with Crippen molar-refractivity contribution in [1.82, 2.24) is 4.90 Å². The zero-order chi connectivity index (χ0) is 9.14. The highest BCUT2D eigenvalue weighted by Crippen LogP contribution is 2.20. The van der Waals surface area contributed by atoms with E-state index in [0.29, 0.717) is 5.92 Å². The van der Waals surface area contributed by atoms with Crippen LogP contribution in [0.4, 0.5) is 0 Å². The molecule has 0 bridgehead atoms. The van der Waals surface area contributed by atoms with Crippen molar-refractivity contribution in [2.24, 2.45) is 5.92 Å². The molecule has 0 aliphatic heterocycles. The van der Waals surface area contributed by atoms with Crippen molar-refractivity contribution < 1.29 is 0 Å². The lowest BCUT2D eigenvalue weighted by molar-refractivity contribution is 0.380. The van der Waals surface area contributed by atoms with Gasteiger partial charge in [0, 0.05) is 12.5 Å². The molecule has 0 aromatic heterocycles. The van der Waals surface area contributed by atoms with Crippen LogP contribution in [0.1, 0.15) is 6.92 Å². The lowest BCUT2D eigenvalue weighted by atomic mass is 9.92. The van der Waals surface area contributed by atoms with E-state index >= 15 is 0 Å². The highest BCUT2D eigenvalue weighted by atomic mass is 15.1. The maximum atomic E-state index is 4.03. The molecule has 12 heavy (non-hydrogen) atoms. The van der Waals surface area contributed by atoms with Crippen LogP contribution < -0.4 is 0 Å². The van der Waals surface area contributed by atoms with Gasteiger partial charge in [-0.05, 0) is 26.6 Å². The Kier molecular flexibility index (Phi) is 2.88. The van der Waals surface area contributed by atoms with Crippen molar-refractivity contribution in [3.05, 3.63) is 36.0 Å². The first kappa shape index (κ1) is 9.27. The zero-order valence-electron chi connectivity index (χ0n) is 8.17. The largest absolute Gasteiger partial charge is 0.308 e. The van der Waals surface area contributed by atoms with Gasteiger partial charge in [0.25, 0.3) is 0 Å². The Morgan fingerprint density at radius 3 is 2.67 bits per heavy atom. The van der Waals surface area contributed by atoms with Crippen LogP contribution in [-0.4, -0.2) is 25.5 Å². The quantitative estimate of drug-likeness (QED) is 0.603. The molecule has 0 aromatic rings. The highest BCUT2D eigenvalue weighted by Gasteiger charge is 2.11. The molecule has 1 aliphatic carbocycles. The summed E-state index contributed by atoms with van der Waals surface area (Å²) in [5.41, 5.74) is 2.56. The van der Waals surface area contributed by atoms with E-state index in [9.17, 15) is 0 Å². The molecule has 0 fully saturated rings. The van der Waals surface area contributed by atoms with E-state index in [2.05, 4.69) is 50.7 Å². The van der Waals surface area contributed by atoms with Gasteiger partial charge in [0.05, 0.1) is 0 Å². The predicted octanol–water partition coefficient (Wildman–Crippen LogP) is 2.24. The first-order chi connectivity index (χ1) is 5.59. The van der Waals surface area contributed by atoms with Crippen molar-refractivity contribution in [1.29, 1.82) is 0 Å². The van der Waals surface area contributed by atoms with Gasteiger partial charge >= 0.3 is 0 Å². The van der Waals surface area contributed by atoms with E-state index in [-0.39, 0.29) is 0 Å². The predicted molar refractivity (Wildman–Crippen MR) is 54.1 cm³/mol. The summed E-state index contributed by atoms with van der Waals surface area (Å²) in [6, 6.07) is 0. The summed E-state index contributed by atoms with van der Waals surface area (Å²) < 4.78 is 0. The van der Waals surface area contributed by atoms with Crippen molar-refractivity contribution >= 4 is 0 Å². The summed E-state index contributed by atoms with van der Waals surface area (Å²) in [5.74, 6) is 0.505. The van der Waals surface area contributed by atoms with E-state index in [4.69, 9.17) is 0 Å². The Bertz CT molecular complexity index is 233. The van der Waals surface area contributed by atoms with Gasteiger partial charge in [0.2, 0.25) is 0 Å². The SMILES string of the molecule is C=C1C=CC(C)=CC1CN(C)C. The van der Waals surface area contributed by atoms with E-state index in [1.54, 1.807) is 0 Å². The molecule has 1 unspecified atom stereocenters. The van der Waals surface area contributed by atoms with Crippen molar-refractivity contribution in [3.8, 4) is 0 Å². The monoisotopic (exact) mass is 163 g/mol. The number of nitrogens with zero attached hydrogens (tertiary/aromatic N) is 1. The van der Waals surface area contributed by atoms with E-state index in [0.717, 1.165) is 6.54 Å². The lowest BCUT2D eigenvalue weighted by Crippen LogP contribution is -2.22. The van der Waals surface area contributed by atoms with Gasteiger partial charge in [0.15, 0.2) is 0 Å². The van der Waals surface area contributed by atoms with E-state index < -0.39 is 0 Å². The van der Waals surface area contributed by atoms with Gasteiger partial charge < -0.3 is 4.90 Å². The molecule has 0 saturated carbocycles. The van der Waals surface area contributed by atoms with Crippen molar-refractivity contribution in [2.45, 2.75) is 6.92 Å². The first-order valence-electron chi connectivity index (χ1n) is 4.29. The van der Waals surface area contributed by atoms with E-state index in [1.807, 2.05) is 0 Å². The normalized spacial score (nSPS) is 23.2. The third kappa shape index (κ3) is 2.35. The van der Waals surface area contributed by atoms with Crippen molar-refractivity contribution in [3.63, 3.8) is 0 Å². The molecule has 1 atom stereocenters. The fourth-order valence-corrected chi connectivity index (χ4v) is 1.41. The molecule has 66 valence electrons. The van der Waals surface area contributed by atoms with Crippen LogP contribution in [-0.2, 0) is 0 Å². The molecule has 0 aromatic carbocycles. The third-order valence-electron chi connectivity index (χ3n) is 2.06. The van der Waals surface area contributed by atoms with Crippen LogP contribution in [0.3, 0.4) is 0 Å². The molecule has 1 nitrogen and oxygen atoms in total. The first-order valence-corrected chi connectivity index (χ1v) is 4.29. The third-order valence-corrected chi connectivity index (χ3v) is 2.06. The van der Waals surface area contributed by atoms with Crippen LogP contribution in [0, 0.1) is 5.92 Å². The minimum Gasteiger partial charge on any atom is -0.308 e. The number of hydrogen-bond donors (Lipinski definition) is 0. The Morgan fingerprint density at radius 1 is 1.42 bits per heavy atom. The second-order valence-electron chi connectivity index (χ2n) is 3.69. The van der Waals surface area contributed by atoms with Crippen LogP contribution in [0.5, 0.6) is 0 Å². The second kappa shape index (κ2) is 3.72. The van der Waals surface area contributed by atoms with Crippen molar-refractivity contribution in [2.75, 3.05) is 20.6 Å². The van der Waals surface area contributed by atoms with Crippen LogP contribution in [0.2, 0.25) is 0 Å². The zero-order valence-corrected chi connectivity index (χ0v) is 8.17. The average molecular weight is 163 g/mol. The second-order valence-corrected chi connectivity index (χ2v) is 3.69. The highest BCUT2D eigenvalue weighted by molar-refractivity contribution is 5.35. The minimum absolute atomic E-state index is 0.505. The lowest BCUT2D eigenvalue weighted by Gasteiger charge is -2.21. The molecule has 1 aliphatic rings. The molecular weight excluding hydrogens is 146 g/mol. The van der Waals surface area contributed by atoms with Crippen LogP contribution in [0.15, 0.2) is 36.0 Å². The minimum atomic E-state index is 0.505. The molecule has 1 heteroatoms. The average Bonchev–Trinajstić information content (AvgIpc) is 1.96. The van der Waals surface area contributed by atoms with E-state index in [1.165, 1.54) is 11.1 Å². The fourth-order valence-electron chi connectivity index (χ4n) is 1.41. The molecule has 0 spiro atoms. The van der Waals surface area contributed by atoms with Crippen LogP contribution in [0.25, 0.3) is 0 Å². The standard InChI is InChI=1S/C11H17N/c1-9-5-6-10(2)11(7-9)8-12(3)4/h5-7,11H,2,8H2,1,3-4H3. The topological polar surface area (TPSA) is 3.24 Å². The maximum Gasteiger partial charge on any atom is 0.0145 e. The maximum absolute atomic E-state index is 4.03. The van der Waals surface area contributed by atoms with Gasteiger partial charge in [-0.2, -0.15) is 0 Å². The van der Waals surface area contributed by atoms with Gasteiger partial charge in [-0.1, -0.05) is 30.4 Å². The Labute approximate surface area is 75.1 Å². The van der Waals surface area contributed by atoms with Crippen LogP contribution >= 0.6 is 0 Å². The molecule has 0 amide bonds. The molecule has 1 rings (SSSR count). The van der Waals surface area contributed by atoms with Gasteiger partial charge in [-0.15, -0.1) is 0 Å². The number of allylic oxidation sites excluding steroid dienone is 3. The van der Waals surface area contributed by atoms with Gasteiger partial charge in [0.1, 0.15) is 0 Å². The summed E-state index contributed by atoms with van der Waals surface area (Å²) in [5, 5.41) is 0. The smallest absolute Gasteiger partial charge is 0.0145 e. The summed E-state index contributed by atoms with van der Waals surface area (Å²) in [7, 11) is 4.18. The molecule has 0 saturated heterocycles. The van der Waals surface area contributed by atoms with Gasteiger partial charge in [-0.3, -0.25) is 0 Å². The summed E-state index contributed by atoms with van der Waals surface area (Å²) >= 11 is 0. The summed E-state index contributed by atoms with van der Waals surface area (Å²) in [6.45, 7) is 7.21. The molecule has 0 radical (unpaired) electrons. The number of hydrogen-bond acceptors (Lipinski definition) is 1. The fraction of sp³-hybridized carbons (Fsp3) is 0.455. The Morgan fingerprint density at radius 2 is 2.08 bits per heavy atom. The Balaban J connectivity index is 2.65. The Hall–Kier alpha value is -0.820. The number of rotatable bonds is 2. The molecular formula is C11H17N. The molecule has 0 N–H and O–H groups in total. The molecule has 0 heterocycles. The summed E-state index contributed by atoms with van der Waals surface area (Å²) in [6.07, 6.45) is 6.51.